The van der Waals surface area contributed by atoms with Gasteiger partial charge in [-0.25, -0.2) is 9.36 Å². The van der Waals surface area contributed by atoms with Gasteiger partial charge in [0.2, 0.25) is 0 Å². The topological polar surface area (TPSA) is 57.9 Å². The van der Waals surface area contributed by atoms with E-state index < -0.39 is 5.63 Å². The number of hydrogen-bond acceptors (Lipinski definition) is 3. The van der Waals surface area contributed by atoms with Gasteiger partial charge < -0.3 is 28.4 Å². The molecule has 0 fully saturated rings. The Morgan fingerprint density at radius 2 is 1.81 bits per heavy atom. The summed E-state index contributed by atoms with van der Waals surface area (Å²) in [7, 11) is 0. The minimum absolute atomic E-state index is 0. The van der Waals surface area contributed by atoms with Crippen molar-refractivity contribution in [3.63, 3.8) is 0 Å². The van der Waals surface area contributed by atoms with Gasteiger partial charge >= 0.3 is 5.63 Å². The van der Waals surface area contributed by atoms with E-state index in [9.17, 15) is 10.1 Å². The van der Waals surface area contributed by atoms with E-state index in [2.05, 4.69) is 0 Å². The maximum absolute atomic E-state index is 11.9. The first kappa shape index (κ1) is 15.2. The van der Waals surface area contributed by atoms with Crippen LogP contribution >= 0.6 is 0 Å². The van der Waals surface area contributed by atoms with Crippen molar-refractivity contribution < 1.29 is 33.0 Å². The quantitative estimate of drug-likeness (QED) is 0.321. The number of nitrogens with zero attached hydrogens (tertiary/aromatic N) is 2. The van der Waals surface area contributed by atoms with Crippen LogP contribution in [-0.4, -0.2) is 0 Å². The normalized spacial score (nSPS) is 9.86. The number of para-hydroxylation sites is 1. The monoisotopic (exact) mass is 390 g/mol. The number of nitriles is 1. The molecule has 0 saturated carbocycles. The molecule has 0 atom stereocenters. The lowest BCUT2D eigenvalue weighted by atomic mass is 10.1. The zero-order valence-electron chi connectivity index (χ0n) is 11.0. The Bertz CT molecular complexity index is 867. The second-order valence-corrected chi connectivity index (χ2v) is 4.40. The van der Waals surface area contributed by atoms with Crippen LogP contribution in [0.15, 0.2) is 64.1 Å². The van der Waals surface area contributed by atoms with Gasteiger partial charge in [0.1, 0.15) is 17.2 Å². The molecule has 5 heteroatoms. The Morgan fingerprint density at radius 1 is 1.10 bits per heavy atom. The summed E-state index contributed by atoms with van der Waals surface area (Å²) in [5, 5.41) is 10.0. The summed E-state index contributed by atoms with van der Waals surface area (Å²) < 4.78 is 7.09. The van der Waals surface area contributed by atoms with Gasteiger partial charge in [-0.2, -0.15) is 5.26 Å². The van der Waals surface area contributed by atoms with Gasteiger partial charge in [0, 0.05) is 17.5 Å². The number of aromatic nitrogens is 1. The van der Waals surface area contributed by atoms with E-state index in [1.54, 1.807) is 12.1 Å². The van der Waals surface area contributed by atoms with Crippen LogP contribution in [0.2, 0.25) is 0 Å². The molecule has 4 nitrogen and oxygen atoms in total. The molecule has 0 spiro atoms. The molecule has 0 aliphatic carbocycles. The lowest BCUT2D eigenvalue weighted by Crippen LogP contribution is -3.00. The van der Waals surface area contributed by atoms with Crippen molar-refractivity contribution in [3.05, 3.63) is 76.4 Å². The minimum Gasteiger partial charge on any atom is -1.00 e. The molecule has 0 radical (unpaired) electrons. The first-order valence-corrected chi connectivity index (χ1v) is 6.18. The molecule has 0 aliphatic heterocycles. The molecule has 2 aromatic heterocycles. The summed E-state index contributed by atoms with van der Waals surface area (Å²) in [4.78, 5) is 11.9. The number of hydrogen-bond donors (Lipinski definition) is 0. The summed E-state index contributed by atoms with van der Waals surface area (Å²) in [6, 6.07) is 14.9. The second kappa shape index (κ2) is 6.50. The molecule has 104 valence electrons. The van der Waals surface area contributed by atoms with Crippen LogP contribution < -0.4 is 34.2 Å². The zero-order valence-corrected chi connectivity index (χ0v) is 13.1. The predicted molar refractivity (Wildman–Crippen MR) is 72.9 cm³/mol. The average molecular weight is 390 g/mol. The fourth-order valence-corrected chi connectivity index (χ4v) is 2.21. The Balaban J connectivity index is 0.00000161. The van der Waals surface area contributed by atoms with Crippen LogP contribution in [0.1, 0.15) is 11.1 Å². The van der Waals surface area contributed by atoms with E-state index in [4.69, 9.17) is 4.42 Å². The van der Waals surface area contributed by atoms with Crippen LogP contribution in [0, 0.1) is 11.3 Å². The maximum Gasteiger partial charge on any atom is 0.354 e. The molecule has 3 rings (SSSR count). The van der Waals surface area contributed by atoms with Crippen LogP contribution in [0.4, 0.5) is 0 Å². The third-order valence-electron chi connectivity index (χ3n) is 3.15. The molecule has 0 unspecified atom stereocenters. The lowest BCUT2D eigenvalue weighted by molar-refractivity contribution is -0.688. The van der Waals surface area contributed by atoms with Crippen molar-refractivity contribution in [2.75, 3.05) is 0 Å². The molecule has 0 saturated heterocycles. The SMILES string of the molecule is N#Cc1c(C[n+]2ccccc2)c2ccccc2oc1=O.[I-]. The highest BCUT2D eigenvalue weighted by Gasteiger charge is 2.17. The molecular weight excluding hydrogens is 379 g/mol. The third kappa shape index (κ3) is 2.95. The molecule has 21 heavy (non-hydrogen) atoms. The van der Waals surface area contributed by atoms with Crippen molar-refractivity contribution in [2.24, 2.45) is 0 Å². The largest absolute Gasteiger partial charge is 1.00 e. The molecule has 0 bridgehead atoms. The first-order valence-electron chi connectivity index (χ1n) is 6.18. The van der Waals surface area contributed by atoms with E-state index in [0.717, 1.165) is 5.39 Å². The molecule has 2 heterocycles. The van der Waals surface area contributed by atoms with Crippen molar-refractivity contribution in [3.8, 4) is 6.07 Å². The summed E-state index contributed by atoms with van der Waals surface area (Å²) in [6.45, 7) is 0.454. The van der Waals surface area contributed by atoms with E-state index in [0.29, 0.717) is 17.7 Å². The van der Waals surface area contributed by atoms with Gasteiger partial charge in [-0.3, -0.25) is 0 Å². The molecule has 0 aliphatic rings. The highest BCUT2D eigenvalue weighted by atomic mass is 127. The number of pyridine rings is 1. The Morgan fingerprint density at radius 3 is 2.52 bits per heavy atom. The predicted octanol–water partition coefficient (Wildman–Crippen LogP) is -0.996. The van der Waals surface area contributed by atoms with Gasteiger partial charge in [0.05, 0.1) is 5.56 Å². The van der Waals surface area contributed by atoms with E-state index in [1.165, 1.54) is 0 Å². The molecule has 0 N–H and O–H groups in total. The molecular formula is C16H11IN2O2. The maximum atomic E-state index is 11.9. The van der Waals surface area contributed by atoms with Gasteiger partial charge in [-0.15, -0.1) is 0 Å². The standard InChI is InChI=1S/C16H11N2O2.HI/c17-10-13-14(11-18-8-4-1-5-9-18)12-6-2-3-7-15(12)20-16(13)19;/h1-9H,11H2;1H/q+1;/p-1. The van der Waals surface area contributed by atoms with Crippen molar-refractivity contribution in [2.45, 2.75) is 6.54 Å². The van der Waals surface area contributed by atoms with Crippen molar-refractivity contribution in [1.82, 2.24) is 0 Å². The number of benzene rings is 1. The molecule has 3 aromatic rings. The smallest absolute Gasteiger partial charge is 0.354 e. The summed E-state index contributed by atoms with van der Waals surface area (Å²) >= 11 is 0. The van der Waals surface area contributed by atoms with Gasteiger partial charge in [-0.05, 0) is 6.07 Å². The second-order valence-electron chi connectivity index (χ2n) is 4.40. The first-order chi connectivity index (χ1) is 9.79. The molecule has 0 amide bonds. The van der Waals surface area contributed by atoms with Gasteiger partial charge in [0.15, 0.2) is 18.9 Å². The highest BCUT2D eigenvalue weighted by molar-refractivity contribution is 5.81. The number of fused-ring (bicyclic) bond motifs is 1. The number of rotatable bonds is 2. The van der Waals surface area contributed by atoms with E-state index in [-0.39, 0.29) is 29.5 Å². The van der Waals surface area contributed by atoms with Crippen LogP contribution in [0.3, 0.4) is 0 Å². The molecule has 1 aromatic carbocycles. The van der Waals surface area contributed by atoms with Gasteiger partial charge in [0.25, 0.3) is 0 Å². The summed E-state index contributed by atoms with van der Waals surface area (Å²) in [5.41, 5.74) is 0.677. The third-order valence-corrected chi connectivity index (χ3v) is 3.15. The fraction of sp³-hybridized carbons (Fsp3) is 0.0625. The van der Waals surface area contributed by atoms with Crippen LogP contribution in [-0.2, 0) is 6.54 Å². The Labute approximate surface area is 138 Å². The van der Waals surface area contributed by atoms with Crippen LogP contribution in [0.25, 0.3) is 11.0 Å². The lowest BCUT2D eigenvalue weighted by Gasteiger charge is -2.04. The average Bonchev–Trinajstić information content (AvgIpc) is 2.48. The zero-order chi connectivity index (χ0) is 13.9. The fourth-order valence-electron chi connectivity index (χ4n) is 2.21. The summed E-state index contributed by atoms with van der Waals surface area (Å²) in [6.07, 6.45) is 3.79. The van der Waals surface area contributed by atoms with E-state index >= 15 is 0 Å². The summed E-state index contributed by atoms with van der Waals surface area (Å²) in [5.74, 6) is 0. The van der Waals surface area contributed by atoms with Crippen molar-refractivity contribution in [1.29, 1.82) is 5.26 Å². The van der Waals surface area contributed by atoms with Gasteiger partial charge in [-0.1, -0.05) is 24.3 Å². The van der Waals surface area contributed by atoms with E-state index in [1.807, 2.05) is 53.4 Å². The van der Waals surface area contributed by atoms with Crippen LogP contribution in [0.5, 0.6) is 0 Å². The minimum atomic E-state index is -0.585. The van der Waals surface area contributed by atoms with Crippen molar-refractivity contribution >= 4 is 11.0 Å². The highest BCUT2D eigenvalue weighted by Crippen LogP contribution is 2.19. The Kier molecular flexibility index (Phi) is 4.70. The Hall–Kier alpha value is -2.20. The number of halogens is 1.